The molecule has 2 aromatic rings. The Balaban J connectivity index is 1.53. The number of methoxy groups -OCH3 is 1. The van der Waals surface area contributed by atoms with E-state index in [1.54, 1.807) is 0 Å². The molecule has 1 atom stereocenters. The normalized spacial score (nSPS) is 18.5. The molecule has 162 valence electrons. The Morgan fingerprint density at radius 1 is 1.26 bits per heavy atom. The SMILES string of the molecule is COC(=O)c1coc(S(=O)(=O)Nc2ccc3c(c2)CN(C2CCC(=O)NC2=O)C3=O)c1. The van der Waals surface area contributed by atoms with Gasteiger partial charge in [0.1, 0.15) is 12.3 Å². The number of carbonyl (C=O) groups excluding carboxylic acids is 4. The summed E-state index contributed by atoms with van der Waals surface area (Å²) in [6, 6.07) is 4.63. The minimum Gasteiger partial charge on any atom is -0.465 e. The highest BCUT2D eigenvalue weighted by Crippen LogP contribution is 2.30. The molecule has 1 unspecified atom stereocenters. The Morgan fingerprint density at radius 3 is 2.74 bits per heavy atom. The number of piperidine rings is 1. The van der Waals surface area contributed by atoms with Gasteiger partial charge < -0.3 is 14.1 Å². The van der Waals surface area contributed by atoms with Crippen molar-refractivity contribution in [1.29, 1.82) is 0 Å². The molecule has 2 N–H and O–H groups in total. The number of nitrogens with zero attached hydrogens (tertiary/aromatic N) is 1. The van der Waals surface area contributed by atoms with Crippen molar-refractivity contribution in [2.24, 2.45) is 0 Å². The van der Waals surface area contributed by atoms with Crippen LogP contribution in [-0.2, 0) is 30.9 Å². The summed E-state index contributed by atoms with van der Waals surface area (Å²) in [6.07, 6.45) is 1.34. The molecule has 0 bridgehead atoms. The van der Waals surface area contributed by atoms with E-state index in [0.29, 0.717) is 11.1 Å². The van der Waals surface area contributed by atoms with Crippen molar-refractivity contribution >= 4 is 39.4 Å². The predicted octanol–water partition coefficient (Wildman–Crippen LogP) is 0.628. The summed E-state index contributed by atoms with van der Waals surface area (Å²) in [5.74, 6) is -2.02. The van der Waals surface area contributed by atoms with Crippen LogP contribution in [-0.4, -0.2) is 50.2 Å². The first-order valence-electron chi connectivity index (χ1n) is 9.17. The fourth-order valence-corrected chi connectivity index (χ4v) is 4.52. The third kappa shape index (κ3) is 3.77. The van der Waals surface area contributed by atoms with Crippen molar-refractivity contribution in [3.8, 4) is 0 Å². The number of ether oxygens (including phenoxy) is 1. The summed E-state index contributed by atoms with van der Waals surface area (Å²) in [5, 5.41) is 1.74. The van der Waals surface area contributed by atoms with Crippen LogP contribution in [0.4, 0.5) is 5.69 Å². The molecule has 0 saturated carbocycles. The molecule has 12 heteroatoms. The average Bonchev–Trinajstić information content (AvgIpc) is 3.33. The molecule has 11 nitrogen and oxygen atoms in total. The molecule has 1 aromatic heterocycles. The number of nitrogens with one attached hydrogen (secondary N) is 2. The second-order valence-electron chi connectivity index (χ2n) is 7.02. The fourth-order valence-electron chi connectivity index (χ4n) is 3.53. The number of hydrogen-bond acceptors (Lipinski definition) is 8. The lowest BCUT2D eigenvalue weighted by Gasteiger charge is -2.29. The maximum absolute atomic E-state index is 12.7. The van der Waals surface area contributed by atoms with Crippen LogP contribution in [0.3, 0.4) is 0 Å². The van der Waals surface area contributed by atoms with E-state index in [-0.39, 0.29) is 42.5 Å². The summed E-state index contributed by atoms with van der Waals surface area (Å²) in [7, 11) is -2.98. The molecular formula is C19H17N3O8S. The van der Waals surface area contributed by atoms with Gasteiger partial charge in [0, 0.05) is 30.3 Å². The van der Waals surface area contributed by atoms with Gasteiger partial charge >= 0.3 is 5.97 Å². The quantitative estimate of drug-likeness (QED) is 0.500. The number of rotatable bonds is 5. The summed E-state index contributed by atoms with van der Waals surface area (Å²) >= 11 is 0. The van der Waals surface area contributed by atoms with Gasteiger partial charge in [-0.15, -0.1) is 0 Å². The minimum atomic E-state index is -4.14. The number of carbonyl (C=O) groups is 4. The van der Waals surface area contributed by atoms with Crippen LogP contribution in [0.5, 0.6) is 0 Å². The number of amides is 3. The second kappa shape index (κ2) is 7.54. The Morgan fingerprint density at radius 2 is 2.03 bits per heavy atom. The number of fused-ring (bicyclic) bond motifs is 1. The van der Waals surface area contributed by atoms with E-state index < -0.39 is 33.0 Å². The monoisotopic (exact) mass is 447 g/mol. The largest absolute Gasteiger partial charge is 0.465 e. The van der Waals surface area contributed by atoms with E-state index >= 15 is 0 Å². The Kier molecular flexibility index (Phi) is 5.01. The number of esters is 1. The molecule has 31 heavy (non-hydrogen) atoms. The molecule has 0 spiro atoms. The van der Waals surface area contributed by atoms with E-state index in [0.717, 1.165) is 19.4 Å². The van der Waals surface area contributed by atoms with Crippen molar-refractivity contribution in [2.75, 3.05) is 11.8 Å². The van der Waals surface area contributed by atoms with Crippen molar-refractivity contribution in [2.45, 2.75) is 30.5 Å². The Bertz CT molecular complexity index is 1220. The third-order valence-corrected chi connectivity index (χ3v) is 6.29. The maximum Gasteiger partial charge on any atom is 0.341 e. The molecule has 2 aliphatic heterocycles. The molecule has 0 aliphatic carbocycles. The van der Waals surface area contributed by atoms with Gasteiger partial charge in [-0.2, -0.15) is 8.42 Å². The van der Waals surface area contributed by atoms with Crippen molar-refractivity contribution in [3.63, 3.8) is 0 Å². The van der Waals surface area contributed by atoms with E-state index in [1.165, 1.54) is 23.1 Å². The number of anilines is 1. The van der Waals surface area contributed by atoms with Crippen LogP contribution < -0.4 is 10.0 Å². The van der Waals surface area contributed by atoms with E-state index in [1.807, 2.05) is 0 Å². The average molecular weight is 447 g/mol. The number of furan rings is 1. The van der Waals surface area contributed by atoms with Crippen LogP contribution in [0.2, 0.25) is 0 Å². The van der Waals surface area contributed by atoms with Crippen molar-refractivity contribution in [1.82, 2.24) is 10.2 Å². The number of imide groups is 1. The smallest absolute Gasteiger partial charge is 0.341 e. The lowest BCUT2D eigenvalue weighted by molar-refractivity contribution is -0.136. The van der Waals surface area contributed by atoms with Gasteiger partial charge in [0.25, 0.3) is 15.9 Å². The molecule has 2 aliphatic rings. The lowest BCUT2D eigenvalue weighted by Crippen LogP contribution is -2.52. The van der Waals surface area contributed by atoms with Crippen molar-refractivity contribution in [3.05, 3.63) is 47.2 Å². The fraction of sp³-hybridized carbons (Fsp3) is 0.263. The van der Waals surface area contributed by atoms with Gasteiger partial charge in [0.2, 0.25) is 16.9 Å². The van der Waals surface area contributed by atoms with Crippen molar-refractivity contribution < 1.29 is 36.7 Å². The second-order valence-corrected chi connectivity index (χ2v) is 8.64. The summed E-state index contributed by atoms with van der Waals surface area (Å²) in [4.78, 5) is 49.0. The van der Waals surface area contributed by atoms with Gasteiger partial charge in [0.15, 0.2) is 0 Å². The lowest BCUT2D eigenvalue weighted by atomic mass is 10.0. The highest BCUT2D eigenvalue weighted by molar-refractivity contribution is 7.92. The van der Waals surface area contributed by atoms with Gasteiger partial charge in [-0.05, 0) is 30.2 Å². The minimum absolute atomic E-state index is 0.0534. The Labute approximate surface area is 176 Å². The summed E-state index contributed by atoms with van der Waals surface area (Å²) in [6.45, 7) is 0.100. The van der Waals surface area contributed by atoms with E-state index in [4.69, 9.17) is 4.42 Å². The molecule has 3 heterocycles. The topological polar surface area (TPSA) is 152 Å². The van der Waals surface area contributed by atoms with Gasteiger partial charge in [0.05, 0.1) is 12.7 Å². The highest BCUT2D eigenvalue weighted by atomic mass is 32.2. The van der Waals surface area contributed by atoms with Crippen LogP contribution in [0.15, 0.2) is 40.0 Å². The van der Waals surface area contributed by atoms with Crippen LogP contribution in [0, 0.1) is 0 Å². The maximum atomic E-state index is 12.7. The summed E-state index contributed by atoms with van der Waals surface area (Å²) in [5.41, 5.74) is 0.998. The van der Waals surface area contributed by atoms with Crippen LogP contribution in [0.1, 0.15) is 39.1 Å². The van der Waals surface area contributed by atoms with Crippen LogP contribution >= 0.6 is 0 Å². The van der Waals surface area contributed by atoms with Crippen LogP contribution in [0.25, 0.3) is 0 Å². The number of hydrogen-bond donors (Lipinski definition) is 2. The molecule has 1 aromatic carbocycles. The molecular weight excluding hydrogens is 430 g/mol. The van der Waals surface area contributed by atoms with Gasteiger partial charge in [-0.25, -0.2) is 4.79 Å². The molecule has 3 amide bonds. The highest BCUT2D eigenvalue weighted by Gasteiger charge is 2.39. The first-order valence-corrected chi connectivity index (χ1v) is 10.6. The Hall–Kier alpha value is -3.67. The zero-order valence-electron chi connectivity index (χ0n) is 16.2. The first-order chi connectivity index (χ1) is 14.7. The molecule has 1 fully saturated rings. The molecule has 4 rings (SSSR count). The molecule has 0 radical (unpaired) electrons. The summed E-state index contributed by atoms with van der Waals surface area (Å²) < 4.78 is 36.9. The van der Waals surface area contributed by atoms with E-state index in [2.05, 4.69) is 14.8 Å². The standard InChI is InChI=1S/C19H17N3O8S/c1-29-19(26)11-7-16(30-9-11)31(27,28)21-12-2-3-13-10(6-12)8-22(18(13)25)14-4-5-15(23)20-17(14)24/h2-3,6-7,9,14,21H,4-5,8H2,1H3,(H,20,23,24). The van der Waals surface area contributed by atoms with Gasteiger partial charge in [-0.3, -0.25) is 24.4 Å². The van der Waals surface area contributed by atoms with E-state index in [9.17, 15) is 27.6 Å². The first kappa shape index (κ1) is 20.6. The third-order valence-electron chi connectivity index (χ3n) is 5.04. The predicted molar refractivity (Wildman–Crippen MR) is 103 cm³/mol. The zero-order valence-corrected chi connectivity index (χ0v) is 17.0. The zero-order chi connectivity index (χ0) is 22.3. The number of sulfonamides is 1. The van der Waals surface area contributed by atoms with Gasteiger partial charge in [-0.1, -0.05) is 0 Å². The number of benzene rings is 1. The molecule has 1 saturated heterocycles.